The highest BCUT2D eigenvalue weighted by molar-refractivity contribution is 6.34. The molecule has 6 nitrogen and oxygen atoms in total. The smallest absolute Gasteiger partial charge is 0.283 e. The van der Waals surface area contributed by atoms with Gasteiger partial charge in [0.25, 0.3) is 11.6 Å². The zero-order valence-electron chi connectivity index (χ0n) is 10.9. The highest BCUT2D eigenvalue weighted by atomic mass is 35.5. The average molecular weight is 298 g/mol. The molecule has 0 unspecified atom stereocenters. The quantitative estimate of drug-likeness (QED) is 0.644. The molecule has 1 aliphatic heterocycles. The van der Waals surface area contributed by atoms with Crippen molar-refractivity contribution < 1.29 is 9.72 Å². The Labute approximate surface area is 121 Å². The number of hydrogen-bond acceptors (Lipinski definition) is 4. The summed E-state index contributed by atoms with van der Waals surface area (Å²) in [6, 6.07) is 4.62. The van der Waals surface area contributed by atoms with Crippen LogP contribution in [-0.2, 0) is 0 Å². The fraction of sp³-hybridized carbons (Fsp3) is 0.462. The van der Waals surface area contributed by atoms with Crippen molar-refractivity contribution in [2.75, 3.05) is 13.1 Å². The zero-order chi connectivity index (χ0) is 14.5. The fourth-order valence-electron chi connectivity index (χ4n) is 2.34. The third-order valence-corrected chi connectivity index (χ3v) is 3.67. The number of nitro groups is 1. The van der Waals surface area contributed by atoms with E-state index in [9.17, 15) is 14.9 Å². The number of nitrogens with zero attached hydrogens (tertiary/aromatic N) is 1. The van der Waals surface area contributed by atoms with Crippen molar-refractivity contribution in [1.82, 2.24) is 10.6 Å². The molecule has 0 radical (unpaired) electrons. The molecule has 1 atom stereocenters. The van der Waals surface area contributed by atoms with Crippen LogP contribution in [0.2, 0.25) is 5.02 Å². The van der Waals surface area contributed by atoms with Gasteiger partial charge in [-0.2, -0.15) is 0 Å². The van der Waals surface area contributed by atoms with Gasteiger partial charge < -0.3 is 10.6 Å². The first kappa shape index (κ1) is 14.7. The van der Waals surface area contributed by atoms with Crippen LogP contribution in [0, 0.1) is 10.1 Å². The standard InChI is InChI=1S/C13H16ClN3O3/c14-10-4-1-5-11(17(19)20)12(10)13(18)16-8-6-9-3-2-7-15-9/h1,4-5,9,15H,2-3,6-8H2,(H,16,18)/t9-/m0/s1. The van der Waals surface area contributed by atoms with Gasteiger partial charge >= 0.3 is 0 Å². The molecule has 0 bridgehead atoms. The molecule has 1 fully saturated rings. The molecule has 1 aromatic rings. The molecule has 2 rings (SSSR count). The predicted molar refractivity (Wildman–Crippen MR) is 76.1 cm³/mol. The Bertz CT molecular complexity index is 516. The lowest BCUT2D eigenvalue weighted by atomic mass is 10.1. The van der Waals surface area contributed by atoms with Gasteiger partial charge in [0.1, 0.15) is 5.56 Å². The molecular formula is C13H16ClN3O3. The van der Waals surface area contributed by atoms with Crippen LogP contribution in [0.15, 0.2) is 18.2 Å². The van der Waals surface area contributed by atoms with E-state index in [1.54, 1.807) is 0 Å². The van der Waals surface area contributed by atoms with Crippen molar-refractivity contribution in [2.24, 2.45) is 0 Å². The Morgan fingerprint density at radius 3 is 3.00 bits per heavy atom. The Balaban J connectivity index is 1.99. The van der Waals surface area contributed by atoms with Crippen LogP contribution in [0.1, 0.15) is 29.6 Å². The monoisotopic (exact) mass is 297 g/mol. The summed E-state index contributed by atoms with van der Waals surface area (Å²) in [6.07, 6.45) is 3.06. The molecule has 1 aliphatic rings. The number of carbonyl (C=O) groups excluding carboxylic acids is 1. The van der Waals surface area contributed by atoms with Gasteiger partial charge in [0.05, 0.1) is 9.95 Å². The van der Waals surface area contributed by atoms with Crippen LogP contribution in [0.3, 0.4) is 0 Å². The van der Waals surface area contributed by atoms with Crippen LogP contribution in [0.25, 0.3) is 0 Å². The first-order valence-corrected chi connectivity index (χ1v) is 6.92. The second kappa shape index (κ2) is 6.67. The van der Waals surface area contributed by atoms with Crippen LogP contribution in [0.5, 0.6) is 0 Å². The number of benzene rings is 1. The maximum absolute atomic E-state index is 12.0. The van der Waals surface area contributed by atoms with E-state index < -0.39 is 10.8 Å². The lowest BCUT2D eigenvalue weighted by Crippen LogP contribution is -2.31. The van der Waals surface area contributed by atoms with Crippen LogP contribution < -0.4 is 10.6 Å². The van der Waals surface area contributed by atoms with E-state index in [-0.39, 0.29) is 16.3 Å². The van der Waals surface area contributed by atoms with E-state index in [1.165, 1.54) is 18.2 Å². The van der Waals surface area contributed by atoms with Crippen LogP contribution in [-0.4, -0.2) is 30.0 Å². The molecule has 1 aromatic carbocycles. The number of amides is 1. The topological polar surface area (TPSA) is 84.3 Å². The van der Waals surface area contributed by atoms with Crippen molar-refractivity contribution in [3.8, 4) is 0 Å². The third kappa shape index (κ3) is 3.46. The molecule has 7 heteroatoms. The van der Waals surface area contributed by atoms with Gasteiger partial charge in [-0.25, -0.2) is 0 Å². The van der Waals surface area contributed by atoms with Gasteiger partial charge in [-0.15, -0.1) is 0 Å². The predicted octanol–water partition coefficient (Wildman–Crippen LogP) is 2.12. The van der Waals surface area contributed by atoms with Gasteiger partial charge in [0, 0.05) is 18.7 Å². The molecule has 1 heterocycles. The molecule has 2 N–H and O–H groups in total. The summed E-state index contributed by atoms with van der Waals surface area (Å²) in [5, 5.41) is 17.0. The number of halogens is 1. The van der Waals surface area contributed by atoms with Gasteiger partial charge in [0.2, 0.25) is 0 Å². The minimum Gasteiger partial charge on any atom is -0.352 e. The maximum atomic E-state index is 12.0. The largest absolute Gasteiger partial charge is 0.352 e. The number of nitro benzene ring substituents is 1. The van der Waals surface area contributed by atoms with E-state index in [4.69, 9.17) is 11.6 Å². The van der Waals surface area contributed by atoms with E-state index in [2.05, 4.69) is 10.6 Å². The van der Waals surface area contributed by atoms with E-state index in [0.717, 1.165) is 25.8 Å². The molecule has 108 valence electrons. The Kier molecular flexibility index (Phi) is 4.92. The molecule has 1 saturated heterocycles. The molecule has 0 aromatic heterocycles. The molecule has 0 saturated carbocycles. The first-order chi connectivity index (χ1) is 9.59. The number of carbonyl (C=O) groups is 1. The van der Waals surface area contributed by atoms with Gasteiger partial charge in [-0.3, -0.25) is 14.9 Å². The summed E-state index contributed by atoms with van der Waals surface area (Å²) in [5.74, 6) is -0.500. The van der Waals surface area contributed by atoms with E-state index in [0.29, 0.717) is 12.6 Å². The third-order valence-electron chi connectivity index (χ3n) is 3.36. The first-order valence-electron chi connectivity index (χ1n) is 6.54. The van der Waals surface area contributed by atoms with Crippen molar-refractivity contribution in [1.29, 1.82) is 0 Å². The second-order valence-electron chi connectivity index (χ2n) is 4.73. The number of hydrogen-bond donors (Lipinski definition) is 2. The highest BCUT2D eigenvalue weighted by Gasteiger charge is 2.23. The van der Waals surface area contributed by atoms with Crippen LogP contribution in [0.4, 0.5) is 5.69 Å². The summed E-state index contributed by atoms with van der Waals surface area (Å²) >= 11 is 5.90. The Hall–Kier alpha value is -1.66. The van der Waals surface area contributed by atoms with Crippen molar-refractivity contribution >= 4 is 23.2 Å². The molecule has 0 spiro atoms. The van der Waals surface area contributed by atoms with E-state index >= 15 is 0 Å². The van der Waals surface area contributed by atoms with Gasteiger partial charge in [0.15, 0.2) is 0 Å². The SMILES string of the molecule is O=C(NCC[C@@H]1CCCN1)c1c(Cl)cccc1[N+](=O)[O-]. The highest BCUT2D eigenvalue weighted by Crippen LogP contribution is 2.25. The van der Waals surface area contributed by atoms with Crippen molar-refractivity contribution in [3.63, 3.8) is 0 Å². The molecule has 20 heavy (non-hydrogen) atoms. The fourth-order valence-corrected chi connectivity index (χ4v) is 2.60. The van der Waals surface area contributed by atoms with Crippen LogP contribution >= 0.6 is 11.6 Å². The summed E-state index contributed by atoms with van der Waals surface area (Å²) in [7, 11) is 0. The van der Waals surface area contributed by atoms with E-state index in [1.807, 2.05) is 0 Å². The molecule has 0 aliphatic carbocycles. The number of nitrogens with one attached hydrogen (secondary N) is 2. The van der Waals surface area contributed by atoms with Crippen molar-refractivity contribution in [3.05, 3.63) is 38.9 Å². The number of rotatable bonds is 5. The Morgan fingerprint density at radius 2 is 2.35 bits per heavy atom. The minimum atomic E-state index is -0.598. The van der Waals surface area contributed by atoms with Crippen molar-refractivity contribution in [2.45, 2.75) is 25.3 Å². The Morgan fingerprint density at radius 1 is 1.55 bits per heavy atom. The molecule has 1 amide bonds. The second-order valence-corrected chi connectivity index (χ2v) is 5.14. The normalized spacial score (nSPS) is 17.9. The van der Waals surface area contributed by atoms with Gasteiger partial charge in [-0.05, 0) is 31.9 Å². The maximum Gasteiger partial charge on any atom is 0.283 e. The lowest BCUT2D eigenvalue weighted by molar-refractivity contribution is -0.385. The molecular weight excluding hydrogens is 282 g/mol. The summed E-state index contributed by atoms with van der Waals surface area (Å²) in [6.45, 7) is 1.48. The van der Waals surface area contributed by atoms with Gasteiger partial charge in [-0.1, -0.05) is 17.7 Å². The zero-order valence-corrected chi connectivity index (χ0v) is 11.7. The average Bonchev–Trinajstić information content (AvgIpc) is 2.91. The minimum absolute atomic E-state index is 0.0708. The summed E-state index contributed by atoms with van der Waals surface area (Å²) in [4.78, 5) is 22.4. The summed E-state index contributed by atoms with van der Waals surface area (Å²) < 4.78 is 0. The summed E-state index contributed by atoms with van der Waals surface area (Å²) in [5.41, 5.74) is -0.340. The lowest BCUT2D eigenvalue weighted by Gasteiger charge is -2.11.